The first-order valence-electron chi connectivity index (χ1n) is 9.78. The van der Waals surface area contributed by atoms with E-state index in [2.05, 4.69) is 10.3 Å². The van der Waals surface area contributed by atoms with Gasteiger partial charge in [-0.2, -0.15) is 0 Å². The minimum atomic E-state index is -0.120. The predicted octanol–water partition coefficient (Wildman–Crippen LogP) is 3.68. The molecule has 3 aromatic rings. The van der Waals surface area contributed by atoms with Gasteiger partial charge in [0.25, 0.3) is 11.8 Å². The second-order valence-electron chi connectivity index (χ2n) is 7.21. The van der Waals surface area contributed by atoms with Crippen molar-refractivity contribution in [3.8, 4) is 11.3 Å². The van der Waals surface area contributed by atoms with Gasteiger partial charge in [0.05, 0.1) is 23.2 Å². The van der Waals surface area contributed by atoms with Crippen molar-refractivity contribution >= 4 is 11.8 Å². The van der Waals surface area contributed by atoms with Gasteiger partial charge in [0.1, 0.15) is 0 Å². The summed E-state index contributed by atoms with van der Waals surface area (Å²) < 4.78 is 5.18. The van der Waals surface area contributed by atoms with E-state index in [1.54, 1.807) is 17.0 Å². The number of rotatable bonds is 4. The average Bonchev–Trinajstić information content (AvgIpc) is 3.29. The number of nitrogens with one attached hydrogen (secondary N) is 1. The number of likely N-dealkylation sites (tertiary alicyclic amines) is 1. The number of carbonyl (C=O) groups is 2. The Bertz CT molecular complexity index is 991. The fourth-order valence-electron chi connectivity index (χ4n) is 3.62. The Morgan fingerprint density at radius 2 is 1.79 bits per heavy atom. The molecule has 1 saturated heterocycles. The number of nitrogens with zero attached hydrogens (tertiary/aromatic N) is 2. The Kier molecular flexibility index (Phi) is 5.42. The van der Waals surface area contributed by atoms with Gasteiger partial charge in [-0.3, -0.25) is 14.6 Å². The van der Waals surface area contributed by atoms with Crippen LogP contribution in [-0.4, -0.2) is 40.8 Å². The van der Waals surface area contributed by atoms with Crippen molar-refractivity contribution in [1.29, 1.82) is 0 Å². The zero-order chi connectivity index (χ0) is 20.2. The van der Waals surface area contributed by atoms with E-state index in [4.69, 9.17) is 4.42 Å². The summed E-state index contributed by atoms with van der Waals surface area (Å²) in [7, 11) is 0. The molecule has 0 saturated carbocycles. The maximum Gasteiger partial charge on any atom is 0.289 e. The average molecular weight is 389 g/mol. The van der Waals surface area contributed by atoms with Crippen molar-refractivity contribution in [2.75, 3.05) is 13.1 Å². The lowest BCUT2D eigenvalue weighted by Gasteiger charge is -2.32. The number of hydrogen-bond acceptors (Lipinski definition) is 4. The first kappa shape index (κ1) is 18.9. The molecule has 0 spiro atoms. The molecule has 1 aromatic carbocycles. The summed E-state index contributed by atoms with van der Waals surface area (Å²) >= 11 is 0. The Balaban J connectivity index is 1.36. The molecule has 1 N–H and O–H groups in total. The highest BCUT2D eigenvalue weighted by atomic mass is 16.3. The van der Waals surface area contributed by atoms with Crippen LogP contribution in [0.25, 0.3) is 11.3 Å². The maximum absolute atomic E-state index is 12.7. The highest BCUT2D eigenvalue weighted by molar-refractivity contribution is 5.95. The number of piperidine rings is 1. The normalized spacial score (nSPS) is 14.6. The molecule has 1 fully saturated rings. The lowest BCUT2D eigenvalue weighted by Crippen LogP contribution is -2.46. The summed E-state index contributed by atoms with van der Waals surface area (Å²) in [5.41, 5.74) is 3.16. The van der Waals surface area contributed by atoms with Crippen LogP contribution in [0.3, 0.4) is 0 Å². The number of benzene rings is 1. The highest BCUT2D eigenvalue weighted by Crippen LogP contribution is 2.19. The van der Waals surface area contributed by atoms with Crippen molar-refractivity contribution < 1.29 is 14.0 Å². The Morgan fingerprint density at radius 3 is 2.45 bits per heavy atom. The van der Waals surface area contributed by atoms with E-state index in [9.17, 15) is 9.59 Å². The van der Waals surface area contributed by atoms with Gasteiger partial charge in [0, 0.05) is 24.7 Å². The number of aromatic nitrogens is 1. The highest BCUT2D eigenvalue weighted by Gasteiger charge is 2.26. The first-order chi connectivity index (χ1) is 14.1. The second kappa shape index (κ2) is 8.31. The molecule has 6 nitrogen and oxygen atoms in total. The monoisotopic (exact) mass is 389 g/mol. The summed E-state index contributed by atoms with van der Waals surface area (Å²) in [6.45, 7) is 3.04. The van der Waals surface area contributed by atoms with Crippen LogP contribution in [0.5, 0.6) is 0 Å². The molecule has 29 heavy (non-hydrogen) atoms. The Labute approximate surface area is 169 Å². The molecule has 3 heterocycles. The van der Waals surface area contributed by atoms with Crippen molar-refractivity contribution in [2.45, 2.75) is 25.8 Å². The number of pyridine rings is 1. The molecule has 0 atom stereocenters. The van der Waals surface area contributed by atoms with E-state index in [-0.39, 0.29) is 17.9 Å². The van der Waals surface area contributed by atoms with Crippen LogP contribution >= 0.6 is 0 Å². The van der Waals surface area contributed by atoms with Crippen LogP contribution < -0.4 is 5.32 Å². The van der Waals surface area contributed by atoms with Crippen LogP contribution in [0.4, 0.5) is 0 Å². The van der Waals surface area contributed by atoms with Crippen molar-refractivity contribution in [2.24, 2.45) is 0 Å². The van der Waals surface area contributed by atoms with Crippen LogP contribution in [0.1, 0.15) is 39.4 Å². The maximum atomic E-state index is 12.7. The van der Waals surface area contributed by atoms with E-state index in [1.807, 2.05) is 49.4 Å². The number of carbonyl (C=O) groups excluding carboxylic acids is 2. The SMILES string of the molecule is Cc1nc(-c2ccccc2)ccc1C(=O)NC1CCN(C(=O)c2ccco2)CC1. The molecule has 148 valence electrons. The molecule has 0 aliphatic carbocycles. The molecule has 2 aromatic heterocycles. The first-order valence-corrected chi connectivity index (χ1v) is 9.78. The molecular formula is C23H23N3O3. The smallest absolute Gasteiger partial charge is 0.289 e. The number of amides is 2. The minimum absolute atomic E-state index is 0.0383. The van der Waals surface area contributed by atoms with Crippen LogP contribution in [0.2, 0.25) is 0 Å². The summed E-state index contributed by atoms with van der Waals surface area (Å²) in [4.78, 5) is 31.4. The third kappa shape index (κ3) is 4.21. The van der Waals surface area contributed by atoms with Crippen molar-refractivity contribution in [3.63, 3.8) is 0 Å². The zero-order valence-electron chi connectivity index (χ0n) is 16.3. The third-order valence-corrected chi connectivity index (χ3v) is 5.25. The fourth-order valence-corrected chi connectivity index (χ4v) is 3.62. The molecule has 4 rings (SSSR count). The summed E-state index contributed by atoms with van der Waals surface area (Å²) in [5, 5.41) is 3.09. The Hall–Kier alpha value is -3.41. The van der Waals surface area contributed by atoms with E-state index >= 15 is 0 Å². The largest absolute Gasteiger partial charge is 0.459 e. The minimum Gasteiger partial charge on any atom is -0.459 e. The molecule has 1 aliphatic heterocycles. The van der Waals surface area contributed by atoms with Gasteiger partial charge in [0.2, 0.25) is 0 Å². The number of furan rings is 1. The molecule has 0 bridgehead atoms. The quantitative estimate of drug-likeness (QED) is 0.738. The molecule has 2 amide bonds. The van der Waals surface area contributed by atoms with Crippen LogP contribution in [0, 0.1) is 6.92 Å². The predicted molar refractivity (Wildman–Crippen MR) is 110 cm³/mol. The van der Waals surface area contributed by atoms with Gasteiger partial charge in [-0.1, -0.05) is 30.3 Å². The van der Waals surface area contributed by atoms with Gasteiger partial charge in [-0.15, -0.1) is 0 Å². The molecular weight excluding hydrogens is 366 g/mol. The second-order valence-corrected chi connectivity index (χ2v) is 7.21. The third-order valence-electron chi connectivity index (χ3n) is 5.25. The van der Waals surface area contributed by atoms with Gasteiger partial charge >= 0.3 is 0 Å². The van der Waals surface area contributed by atoms with Crippen molar-refractivity contribution in [3.05, 3.63) is 77.9 Å². The lowest BCUT2D eigenvalue weighted by molar-refractivity contribution is 0.0667. The van der Waals surface area contributed by atoms with Gasteiger partial charge < -0.3 is 14.6 Å². The van der Waals surface area contributed by atoms with E-state index in [0.29, 0.717) is 42.9 Å². The molecule has 0 unspecified atom stereocenters. The van der Waals surface area contributed by atoms with Gasteiger partial charge in [-0.25, -0.2) is 0 Å². The van der Waals surface area contributed by atoms with E-state index in [0.717, 1.165) is 11.3 Å². The molecule has 0 radical (unpaired) electrons. The fraction of sp³-hybridized carbons (Fsp3) is 0.261. The summed E-state index contributed by atoms with van der Waals surface area (Å²) in [5.74, 6) is 0.134. The van der Waals surface area contributed by atoms with Crippen LogP contribution in [0.15, 0.2) is 65.3 Å². The molecule has 1 aliphatic rings. The van der Waals surface area contributed by atoms with E-state index < -0.39 is 0 Å². The number of aryl methyl sites for hydroxylation is 1. The summed E-state index contributed by atoms with van der Waals surface area (Å²) in [6.07, 6.45) is 2.93. The zero-order valence-corrected chi connectivity index (χ0v) is 16.3. The Morgan fingerprint density at radius 1 is 1.03 bits per heavy atom. The van der Waals surface area contributed by atoms with Gasteiger partial charge in [0.15, 0.2) is 5.76 Å². The molecule has 6 heteroatoms. The van der Waals surface area contributed by atoms with E-state index in [1.165, 1.54) is 6.26 Å². The summed E-state index contributed by atoms with van der Waals surface area (Å²) in [6, 6.07) is 17.0. The number of hydrogen-bond donors (Lipinski definition) is 1. The van der Waals surface area contributed by atoms with Crippen LogP contribution in [-0.2, 0) is 0 Å². The van der Waals surface area contributed by atoms with Crippen molar-refractivity contribution in [1.82, 2.24) is 15.2 Å². The standard InChI is InChI=1S/C23H23N3O3/c1-16-19(9-10-20(24-16)17-6-3-2-4-7-17)22(27)25-18-11-13-26(14-12-18)23(28)21-8-5-15-29-21/h2-10,15,18H,11-14H2,1H3,(H,25,27). The topological polar surface area (TPSA) is 75.4 Å². The lowest BCUT2D eigenvalue weighted by atomic mass is 10.0. The van der Waals surface area contributed by atoms with Gasteiger partial charge in [-0.05, 0) is 44.0 Å².